The summed E-state index contributed by atoms with van der Waals surface area (Å²) in [5, 5.41) is 5.28. The quantitative estimate of drug-likeness (QED) is 0.364. The van der Waals surface area contributed by atoms with Gasteiger partial charge in [-0.25, -0.2) is 32.3 Å². The molecule has 0 amide bonds. The van der Waals surface area contributed by atoms with E-state index in [1.807, 2.05) is 30.2 Å². The molecule has 0 saturated carbocycles. The number of nitrogens with zero attached hydrogens (tertiary/aromatic N) is 6. The Morgan fingerprint density at radius 3 is 2.66 bits per heavy atom. The van der Waals surface area contributed by atoms with Gasteiger partial charge in [0.15, 0.2) is 9.84 Å². The van der Waals surface area contributed by atoms with Crippen molar-refractivity contribution in [1.29, 1.82) is 0 Å². The van der Waals surface area contributed by atoms with Gasteiger partial charge in [-0.2, -0.15) is 0 Å². The van der Waals surface area contributed by atoms with E-state index in [9.17, 15) is 12.8 Å². The Bertz CT molecular complexity index is 1550. The monoisotopic (exact) mass is 532 g/mol. The number of rotatable bonds is 6. The van der Waals surface area contributed by atoms with E-state index >= 15 is 0 Å². The maximum absolute atomic E-state index is 14.5. The highest BCUT2D eigenvalue weighted by Gasteiger charge is 2.19. The van der Waals surface area contributed by atoms with Gasteiger partial charge in [0.1, 0.15) is 11.9 Å². The Labute approximate surface area is 209 Å². The maximum Gasteiger partial charge on any atom is 0.294 e. The summed E-state index contributed by atoms with van der Waals surface area (Å²) in [6.45, 7) is 2.49. The van der Waals surface area contributed by atoms with Crippen LogP contribution in [-0.2, 0) is 9.84 Å². The van der Waals surface area contributed by atoms with Crippen LogP contribution in [0.25, 0.3) is 16.2 Å². The molecule has 0 unspecified atom stereocenters. The van der Waals surface area contributed by atoms with Gasteiger partial charge >= 0.3 is 0 Å². The molecule has 3 aromatic heterocycles. The van der Waals surface area contributed by atoms with E-state index in [0.29, 0.717) is 33.4 Å². The highest BCUT2D eigenvalue weighted by molar-refractivity contribution is 7.90. The van der Waals surface area contributed by atoms with Crippen LogP contribution >= 0.6 is 22.9 Å². The van der Waals surface area contributed by atoms with Gasteiger partial charge < -0.3 is 9.64 Å². The Morgan fingerprint density at radius 1 is 1.26 bits per heavy atom. The molecule has 5 rings (SSSR count). The molecule has 1 aliphatic rings. The Morgan fingerprint density at radius 2 is 2.03 bits per heavy atom. The number of fused-ring (bicyclic) bond motifs is 1. The number of aromatic nitrogens is 5. The van der Waals surface area contributed by atoms with Gasteiger partial charge in [-0.15, -0.1) is 5.10 Å². The molecule has 1 aliphatic heterocycles. The largest absolute Gasteiger partial charge is 0.461 e. The van der Waals surface area contributed by atoms with Crippen molar-refractivity contribution in [3.63, 3.8) is 0 Å². The normalized spacial score (nSPS) is 14.9. The van der Waals surface area contributed by atoms with Crippen LogP contribution in [0, 0.1) is 5.82 Å². The molecule has 0 fully saturated rings. The number of imidazole rings is 1. The zero-order valence-electron chi connectivity index (χ0n) is 18.5. The van der Waals surface area contributed by atoms with Gasteiger partial charge in [0.25, 0.3) is 5.19 Å². The minimum absolute atomic E-state index is 0.0857. The summed E-state index contributed by atoms with van der Waals surface area (Å²) in [4.78, 5) is 15.2. The topological polar surface area (TPSA) is 103 Å². The lowest BCUT2D eigenvalue weighted by molar-refractivity contribution is 0.256. The molecule has 0 aliphatic carbocycles. The molecule has 4 heterocycles. The summed E-state index contributed by atoms with van der Waals surface area (Å²) < 4.78 is 45.3. The van der Waals surface area contributed by atoms with E-state index in [1.165, 1.54) is 28.0 Å². The van der Waals surface area contributed by atoms with E-state index in [-0.39, 0.29) is 16.6 Å². The van der Waals surface area contributed by atoms with E-state index < -0.39 is 15.7 Å². The highest BCUT2D eigenvalue weighted by atomic mass is 35.5. The molecule has 1 aromatic carbocycles. The van der Waals surface area contributed by atoms with E-state index in [0.717, 1.165) is 17.9 Å². The molecule has 0 saturated heterocycles. The third-order valence-electron chi connectivity index (χ3n) is 5.25. The van der Waals surface area contributed by atoms with Gasteiger partial charge in [-0.1, -0.05) is 17.7 Å². The summed E-state index contributed by atoms with van der Waals surface area (Å²) >= 11 is 7.07. The van der Waals surface area contributed by atoms with Crippen LogP contribution in [0.5, 0.6) is 5.19 Å². The second-order valence-corrected chi connectivity index (χ2v) is 11.1. The van der Waals surface area contributed by atoms with Crippen molar-refractivity contribution in [2.75, 3.05) is 17.7 Å². The first kappa shape index (κ1) is 23.4. The SMILES string of the molecule is C[C@@H](Oc1nn2cc(-c3ccc(S(C)(=O)=O)cc3F)nc2s1)C1=CCN(c2ncc(Cl)cn2)C=C1. The summed E-state index contributed by atoms with van der Waals surface area (Å²) in [6.07, 6.45) is 11.3. The summed E-state index contributed by atoms with van der Waals surface area (Å²) in [6, 6.07) is 3.75. The average Bonchev–Trinajstić information content (AvgIpc) is 3.37. The van der Waals surface area contributed by atoms with Crippen LogP contribution in [0.4, 0.5) is 10.3 Å². The highest BCUT2D eigenvalue weighted by Crippen LogP contribution is 2.30. The number of anilines is 1. The summed E-state index contributed by atoms with van der Waals surface area (Å²) in [7, 11) is -3.50. The van der Waals surface area contributed by atoms with Crippen molar-refractivity contribution < 1.29 is 17.5 Å². The molecule has 1 atom stereocenters. The standard InChI is InChI=1S/C22H18ClFN6O3S2/c1-13(14-5-7-29(8-6-14)20-25-10-15(23)11-26-20)33-22-28-30-12-19(27-21(30)34-22)17-4-3-16(9-18(17)24)35(2,31)32/h3-7,9-13H,8H2,1-2H3/t13-/m1/s1. The second-order valence-electron chi connectivity index (χ2n) is 7.77. The minimum Gasteiger partial charge on any atom is -0.461 e. The Hall–Kier alpha value is -3.35. The zero-order chi connectivity index (χ0) is 24.7. The van der Waals surface area contributed by atoms with Gasteiger partial charge in [0.2, 0.25) is 10.9 Å². The number of sulfone groups is 1. The van der Waals surface area contributed by atoms with Crippen LogP contribution in [0.1, 0.15) is 6.92 Å². The predicted octanol–water partition coefficient (Wildman–Crippen LogP) is 4.17. The average molecular weight is 533 g/mol. The van der Waals surface area contributed by atoms with Crippen molar-refractivity contribution in [3.05, 3.63) is 71.6 Å². The molecule has 0 radical (unpaired) electrons. The van der Waals surface area contributed by atoms with Gasteiger partial charge in [-0.05, 0) is 48.1 Å². The fraction of sp³-hybridized carbons (Fsp3) is 0.182. The van der Waals surface area contributed by atoms with Crippen LogP contribution in [0.3, 0.4) is 0 Å². The Kier molecular flexibility index (Phi) is 6.03. The molecule has 0 N–H and O–H groups in total. The molecule has 13 heteroatoms. The zero-order valence-corrected chi connectivity index (χ0v) is 20.8. The van der Waals surface area contributed by atoms with Crippen molar-refractivity contribution >= 4 is 43.7 Å². The van der Waals surface area contributed by atoms with Crippen molar-refractivity contribution in [2.24, 2.45) is 0 Å². The fourth-order valence-electron chi connectivity index (χ4n) is 3.43. The maximum atomic E-state index is 14.5. The molecule has 0 bridgehead atoms. The summed E-state index contributed by atoms with van der Waals surface area (Å²) in [5.74, 6) is -0.119. The van der Waals surface area contributed by atoms with Gasteiger partial charge in [-0.3, -0.25) is 0 Å². The van der Waals surface area contributed by atoms with Gasteiger partial charge in [0, 0.05) is 24.6 Å². The smallest absolute Gasteiger partial charge is 0.294 e. The van der Waals surface area contributed by atoms with Crippen LogP contribution in [0.2, 0.25) is 5.02 Å². The number of halogens is 2. The molecular weight excluding hydrogens is 515 g/mol. The lowest BCUT2D eigenvalue weighted by Gasteiger charge is -2.22. The molecule has 9 nitrogen and oxygen atoms in total. The van der Waals surface area contributed by atoms with Gasteiger partial charge in [0.05, 0.1) is 34.2 Å². The third-order valence-corrected chi connectivity index (χ3v) is 7.37. The summed E-state index contributed by atoms with van der Waals surface area (Å²) in [5.41, 5.74) is 1.51. The van der Waals surface area contributed by atoms with Crippen LogP contribution in [0.15, 0.2) is 65.6 Å². The van der Waals surface area contributed by atoms with Crippen molar-refractivity contribution in [1.82, 2.24) is 24.6 Å². The predicted molar refractivity (Wildman–Crippen MR) is 131 cm³/mol. The lowest BCUT2D eigenvalue weighted by atomic mass is 10.1. The number of benzene rings is 1. The number of hydrogen-bond acceptors (Lipinski definition) is 9. The molecule has 35 heavy (non-hydrogen) atoms. The van der Waals surface area contributed by atoms with Crippen LogP contribution < -0.4 is 9.64 Å². The molecular formula is C22H18ClFN6O3S2. The Balaban J connectivity index is 1.28. The van der Waals surface area contributed by atoms with Crippen molar-refractivity contribution in [2.45, 2.75) is 17.9 Å². The first-order chi connectivity index (χ1) is 16.7. The van der Waals surface area contributed by atoms with Crippen LogP contribution in [-0.4, -0.2) is 51.9 Å². The molecule has 0 spiro atoms. The lowest BCUT2D eigenvalue weighted by Crippen LogP contribution is -2.24. The number of hydrogen-bond donors (Lipinski definition) is 0. The van der Waals surface area contributed by atoms with E-state index in [2.05, 4.69) is 20.1 Å². The fourth-order valence-corrected chi connectivity index (χ4v) is 4.96. The second kappa shape index (κ2) is 9.02. The third kappa shape index (κ3) is 4.90. The first-order valence-electron chi connectivity index (χ1n) is 10.3. The van der Waals surface area contributed by atoms with E-state index in [1.54, 1.807) is 18.6 Å². The van der Waals surface area contributed by atoms with Crippen molar-refractivity contribution in [3.8, 4) is 16.5 Å². The number of ether oxygens (including phenoxy) is 1. The first-order valence-corrected chi connectivity index (χ1v) is 13.4. The molecule has 4 aromatic rings. The van der Waals surface area contributed by atoms with E-state index in [4.69, 9.17) is 16.3 Å². The molecule has 180 valence electrons. The minimum atomic E-state index is -3.50.